The maximum atomic E-state index is 11.9. The Kier molecular flexibility index (Phi) is 6.46. The second-order valence-corrected chi connectivity index (χ2v) is 7.10. The van der Waals surface area contributed by atoms with Crippen LogP contribution in [-0.2, 0) is 4.79 Å². The Labute approximate surface area is 136 Å². The number of carbonyl (C=O) groups excluding carboxylic acids is 2. The van der Waals surface area contributed by atoms with Crippen LogP contribution < -0.4 is 10.6 Å². The number of piperidine rings is 1. The summed E-state index contributed by atoms with van der Waals surface area (Å²) in [7, 11) is 0. The van der Waals surface area contributed by atoms with Crippen molar-refractivity contribution in [1.29, 1.82) is 0 Å². The Morgan fingerprint density at radius 2 is 1.86 bits per heavy atom. The average molecular weight is 320 g/mol. The van der Waals surface area contributed by atoms with E-state index in [1.54, 1.807) is 12.1 Å². The summed E-state index contributed by atoms with van der Waals surface area (Å²) < 4.78 is 0. The molecule has 0 bridgehead atoms. The molecular formula is C17H24N2O2S. The van der Waals surface area contributed by atoms with Crippen molar-refractivity contribution in [2.75, 3.05) is 31.1 Å². The molecule has 1 aromatic rings. The Hall–Kier alpha value is -1.33. The van der Waals surface area contributed by atoms with Crippen LogP contribution in [0.5, 0.6) is 0 Å². The first kappa shape index (κ1) is 17.0. The highest BCUT2D eigenvalue weighted by Crippen LogP contribution is 2.26. The smallest absolute Gasteiger partial charge is 0.230 e. The fourth-order valence-corrected chi connectivity index (χ4v) is 3.26. The Morgan fingerprint density at radius 3 is 2.55 bits per heavy atom. The summed E-state index contributed by atoms with van der Waals surface area (Å²) >= 11 is 1.38. The lowest BCUT2D eigenvalue weighted by Gasteiger charge is -2.34. The van der Waals surface area contributed by atoms with E-state index >= 15 is 0 Å². The SMILES string of the molecule is CC1(CNC(=O)CSCC(=O)c2ccccc2)CCNCC1. The number of amides is 1. The molecule has 4 nitrogen and oxygen atoms in total. The van der Waals surface area contributed by atoms with Crippen LogP contribution in [-0.4, -0.2) is 42.8 Å². The van der Waals surface area contributed by atoms with Gasteiger partial charge in [0.25, 0.3) is 0 Å². The van der Waals surface area contributed by atoms with Crippen LogP contribution in [0.1, 0.15) is 30.1 Å². The zero-order valence-electron chi connectivity index (χ0n) is 13.1. The maximum Gasteiger partial charge on any atom is 0.230 e. The molecule has 2 rings (SSSR count). The molecule has 0 atom stereocenters. The minimum atomic E-state index is 0.0191. The van der Waals surface area contributed by atoms with Crippen LogP contribution in [0.2, 0.25) is 0 Å². The monoisotopic (exact) mass is 320 g/mol. The summed E-state index contributed by atoms with van der Waals surface area (Å²) in [5.41, 5.74) is 0.906. The molecule has 0 aliphatic carbocycles. The van der Waals surface area contributed by atoms with Gasteiger partial charge in [0.15, 0.2) is 5.78 Å². The Balaban J connectivity index is 1.64. The quantitative estimate of drug-likeness (QED) is 0.756. The van der Waals surface area contributed by atoms with E-state index in [1.807, 2.05) is 18.2 Å². The van der Waals surface area contributed by atoms with E-state index < -0.39 is 0 Å². The third-order valence-electron chi connectivity index (χ3n) is 4.09. The second kappa shape index (κ2) is 8.34. The average Bonchev–Trinajstić information content (AvgIpc) is 2.54. The molecule has 5 heteroatoms. The van der Waals surface area contributed by atoms with Gasteiger partial charge in [0.05, 0.1) is 11.5 Å². The van der Waals surface area contributed by atoms with Gasteiger partial charge in [0.1, 0.15) is 0 Å². The standard InChI is InChI=1S/C17H24N2O2S/c1-17(7-9-18-10-8-17)13-19-16(21)12-22-11-15(20)14-5-3-2-4-6-14/h2-6,18H,7-13H2,1H3,(H,19,21). The fourth-order valence-electron chi connectivity index (χ4n) is 2.51. The van der Waals surface area contributed by atoms with E-state index in [9.17, 15) is 9.59 Å². The van der Waals surface area contributed by atoms with Gasteiger partial charge in [-0.1, -0.05) is 37.3 Å². The molecule has 0 saturated carbocycles. The lowest BCUT2D eigenvalue weighted by atomic mass is 9.81. The Morgan fingerprint density at radius 1 is 1.18 bits per heavy atom. The number of hydrogen-bond acceptors (Lipinski definition) is 4. The topological polar surface area (TPSA) is 58.2 Å². The second-order valence-electron chi connectivity index (χ2n) is 6.12. The predicted octanol–water partition coefficient (Wildman–Crippen LogP) is 2.11. The summed E-state index contributed by atoms with van der Waals surface area (Å²) in [6, 6.07) is 9.20. The van der Waals surface area contributed by atoms with E-state index in [0.29, 0.717) is 17.1 Å². The molecule has 22 heavy (non-hydrogen) atoms. The number of hydrogen-bond donors (Lipinski definition) is 2. The molecule has 0 radical (unpaired) electrons. The first-order valence-electron chi connectivity index (χ1n) is 7.72. The zero-order chi connectivity index (χ0) is 15.8. The number of Topliss-reactive ketones (excluding diaryl/α,β-unsaturated/α-hetero) is 1. The van der Waals surface area contributed by atoms with Gasteiger partial charge >= 0.3 is 0 Å². The van der Waals surface area contributed by atoms with Crippen LogP contribution in [0.3, 0.4) is 0 Å². The largest absolute Gasteiger partial charge is 0.355 e. The van der Waals surface area contributed by atoms with Crippen LogP contribution in [0.4, 0.5) is 0 Å². The van der Waals surface area contributed by atoms with Gasteiger partial charge in [0.2, 0.25) is 5.91 Å². The van der Waals surface area contributed by atoms with E-state index in [1.165, 1.54) is 11.8 Å². The summed E-state index contributed by atoms with van der Waals surface area (Å²) in [5, 5.41) is 6.34. The van der Waals surface area contributed by atoms with Gasteiger partial charge in [-0.05, 0) is 31.3 Å². The van der Waals surface area contributed by atoms with Gasteiger partial charge in [-0.2, -0.15) is 0 Å². The number of ketones is 1. The van der Waals surface area contributed by atoms with Crippen molar-refractivity contribution in [1.82, 2.24) is 10.6 Å². The van der Waals surface area contributed by atoms with E-state index in [0.717, 1.165) is 32.5 Å². The van der Waals surface area contributed by atoms with Gasteiger partial charge in [-0.25, -0.2) is 0 Å². The molecule has 0 unspecified atom stereocenters. The van der Waals surface area contributed by atoms with E-state index in [-0.39, 0.29) is 17.1 Å². The predicted molar refractivity (Wildman–Crippen MR) is 91.3 cm³/mol. The van der Waals surface area contributed by atoms with Crippen molar-refractivity contribution in [3.63, 3.8) is 0 Å². The molecule has 0 spiro atoms. The van der Waals surface area contributed by atoms with Crippen molar-refractivity contribution in [2.24, 2.45) is 5.41 Å². The molecule has 1 fully saturated rings. The molecule has 1 aromatic carbocycles. The minimum absolute atomic E-state index is 0.0191. The van der Waals surface area contributed by atoms with Crippen molar-refractivity contribution < 1.29 is 9.59 Å². The third-order valence-corrected chi connectivity index (χ3v) is 5.02. The minimum Gasteiger partial charge on any atom is -0.355 e. The van der Waals surface area contributed by atoms with Crippen LogP contribution >= 0.6 is 11.8 Å². The molecule has 120 valence electrons. The molecular weight excluding hydrogens is 296 g/mol. The summed E-state index contributed by atoms with van der Waals surface area (Å²) in [5.74, 6) is 0.778. The zero-order valence-corrected chi connectivity index (χ0v) is 13.9. The number of thioether (sulfide) groups is 1. The van der Waals surface area contributed by atoms with E-state index in [4.69, 9.17) is 0 Å². The van der Waals surface area contributed by atoms with Crippen LogP contribution in [0.15, 0.2) is 30.3 Å². The van der Waals surface area contributed by atoms with Gasteiger partial charge in [-0.15, -0.1) is 11.8 Å². The van der Waals surface area contributed by atoms with Crippen molar-refractivity contribution in [2.45, 2.75) is 19.8 Å². The van der Waals surface area contributed by atoms with Crippen LogP contribution in [0.25, 0.3) is 0 Å². The first-order valence-corrected chi connectivity index (χ1v) is 8.88. The molecule has 1 aliphatic heterocycles. The molecule has 1 amide bonds. The van der Waals surface area contributed by atoms with Crippen LogP contribution in [0, 0.1) is 5.41 Å². The lowest BCUT2D eigenvalue weighted by Crippen LogP contribution is -2.43. The lowest BCUT2D eigenvalue weighted by molar-refractivity contribution is -0.119. The summed E-state index contributed by atoms with van der Waals surface area (Å²) in [6.07, 6.45) is 2.18. The fraction of sp³-hybridized carbons (Fsp3) is 0.529. The van der Waals surface area contributed by atoms with Crippen molar-refractivity contribution in [3.8, 4) is 0 Å². The third kappa shape index (κ3) is 5.46. The molecule has 1 saturated heterocycles. The molecule has 0 aromatic heterocycles. The Bertz CT molecular complexity index is 499. The number of nitrogens with one attached hydrogen (secondary N) is 2. The van der Waals surface area contributed by atoms with Gasteiger partial charge < -0.3 is 10.6 Å². The first-order chi connectivity index (χ1) is 10.6. The van der Waals surface area contributed by atoms with Crippen molar-refractivity contribution in [3.05, 3.63) is 35.9 Å². The highest BCUT2D eigenvalue weighted by Gasteiger charge is 2.26. The number of carbonyl (C=O) groups is 2. The summed E-state index contributed by atoms with van der Waals surface area (Å²) in [6.45, 7) is 4.99. The van der Waals surface area contributed by atoms with Gasteiger partial charge in [0, 0.05) is 12.1 Å². The van der Waals surface area contributed by atoms with Crippen molar-refractivity contribution >= 4 is 23.5 Å². The highest BCUT2D eigenvalue weighted by molar-refractivity contribution is 8.00. The normalized spacial score (nSPS) is 17.0. The summed E-state index contributed by atoms with van der Waals surface area (Å²) in [4.78, 5) is 23.8. The maximum absolute atomic E-state index is 11.9. The number of rotatable bonds is 7. The van der Waals surface area contributed by atoms with E-state index in [2.05, 4.69) is 17.6 Å². The van der Waals surface area contributed by atoms with Gasteiger partial charge in [-0.3, -0.25) is 9.59 Å². The molecule has 1 heterocycles. The molecule has 1 aliphatic rings. The number of benzene rings is 1. The molecule has 2 N–H and O–H groups in total. The highest BCUT2D eigenvalue weighted by atomic mass is 32.2.